The van der Waals surface area contributed by atoms with Crippen LogP contribution in [-0.4, -0.2) is 32.6 Å². The Bertz CT molecular complexity index is 600. The van der Waals surface area contributed by atoms with Crippen molar-refractivity contribution >= 4 is 11.8 Å². The van der Waals surface area contributed by atoms with Crippen LogP contribution in [0.5, 0.6) is 0 Å². The van der Waals surface area contributed by atoms with Gasteiger partial charge in [0, 0.05) is 43.8 Å². The van der Waals surface area contributed by atoms with E-state index in [0.29, 0.717) is 11.9 Å². The molecule has 2 aromatic rings. The lowest BCUT2D eigenvalue weighted by Gasteiger charge is -2.34. The summed E-state index contributed by atoms with van der Waals surface area (Å²) < 4.78 is 2.23. The monoisotopic (exact) mass is 286 g/mol. The Morgan fingerprint density at radius 1 is 1.33 bits per heavy atom. The second-order valence-electron chi connectivity index (χ2n) is 5.81. The highest BCUT2D eigenvalue weighted by atomic mass is 15.2. The zero-order valence-corrected chi connectivity index (χ0v) is 12.7. The van der Waals surface area contributed by atoms with Gasteiger partial charge in [-0.3, -0.25) is 0 Å². The molecule has 0 bridgehead atoms. The zero-order chi connectivity index (χ0) is 14.8. The molecule has 3 heterocycles. The molecule has 3 rings (SSSR count). The summed E-state index contributed by atoms with van der Waals surface area (Å²) in [6.07, 6.45) is 6.35. The van der Waals surface area contributed by atoms with Crippen LogP contribution in [0.25, 0.3) is 0 Å². The van der Waals surface area contributed by atoms with Gasteiger partial charge >= 0.3 is 0 Å². The van der Waals surface area contributed by atoms with E-state index >= 15 is 0 Å². The minimum atomic E-state index is 0.359. The fraction of sp³-hybridized carbons (Fsp3) is 0.533. The molecule has 0 aliphatic carbocycles. The standard InChI is InChI=1S/C15H22N6/c1-11-8-14(19-15(16)18-11)21-6-3-4-13(10-21)9-20-7-5-17-12(20)2/h5,7-8,13H,3-4,6,9-10H2,1-2H3,(H2,16,18,19). The number of hydrogen-bond acceptors (Lipinski definition) is 5. The maximum Gasteiger partial charge on any atom is 0.222 e. The van der Waals surface area contributed by atoms with E-state index in [4.69, 9.17) is 5.73 Å². The van der Waals surface area contributed by atoms with Gasteiger partial charge in [-0.25, -0.2) is 9.97 Å². The highest BCUT2D eigenvalue weighted by molar-refractivity contribution is 5.43. The summed E-state index contributed by atoms with van der Waals surface area (Å²) in [6.45, 7) is 7.07. The van der Waals surface area contributed by atoms with E-state index in [0.717, 1.165) is 37.0 Å². The molecule has 2 aromatic heterocycles. The predicted octanol–water partition coefficient (Wildman–Crippen LogP) is 1.79. The molecule has 0 spiro atoms. The second kappa shape index (κ2) is 5.71. The number of nitrogens with two attached hydrogens (primary N) is 1. The number of rotatable bonds is 3. The van der Waals surface area contributed by atoms with Crippen LogP contribution < -0.4 is 10.6 Å². The van der Waals surface area contributed by atoms with Crippen molar-refractivity contribution in [3.05, 3.63) is 30.0 Å². The van der Waals surface area contributed by atoms with E-state index in [1.807, 2.05) is 19.2 Å². The number of aromatic nitrogens is 4. The van der Waals surface area contributed by atoms with E-state index in [1.54, 1.807) is 0 Å². The van der Waals surface area contributed by atoms with Crippen molar-refractivity contribution in [2.45, 2.75) is 33.2 Å². The van der Waals surface area contributed by atoms with Crippen molar-refractivity contribution in [1.82, 2.24) is 19.5 Å². The van der Waals surface area contributed by atoms with Crippen LogP contribution in [0.1, 0.15) is 24.4 Å². The molecule has 0 radical (unpaired) electrons. The lowest BCUT2D eigenvalue weighted by molar-refractivity contribution is 0.362. The molecule has 112 valence electrons. The van der Waals surface area contributed by atoms with Gasteiger partial charge in [-0.1, -0.05) is 0 Å². The van der Waals surface area contributed by atoms with Crippen molar-refractivity contribution in [2.75, 3.05) is 23.7 Å². The Hall–Kier alpha value is -2.11. The molecule has 21 heavy (non-hydrogen) atoms. The first-order chi connectivity index (χ1) is 10.1. The first-order valence-corrected chi connectivity index (χ1v) is 7.45. The molecule has 1 aliphatic rings. The van der Waals surface area contributed by atoms with E-state index in [-0.39, 0.29) is 0 Å². The number of imidazole rings is 1. The van der Waals surface area contributed by atoms with Gasteiger partial charge in [0.15, 0.2) is 0 Å². The Kier molecular flexibility index (Phi) is 3.77. The molecule has 0 aromatic carbocycles. The van der Waals surface area contributed by atoms with Crippen molar-refractivity contribution in [2.24, 2.45) is 5.92 Å². The summed E-state index contributed by atoms with van der Waals surface area (Å²) in [7, 11) is 0. The van der Waals surface area contributed by atoms with Crippen LogP contribution in [0.15, 0.2) is 18.5 Å². The van der Waals surface area contributed by atoms with Gasteiger partial charge in [0.05, 0.1) is 0 Å². The first kappa shape index (κ1) is 13.9. The maximum absolute atomic E-state index is 5.77. The Balaban J connectivity index is 1.72. The van der Waals surface area contributed by atoms with E-state index < -0.39 is 0 Å². The highest BCUT2D eigenvalue weighted by Gasteiger charge is 2.22. The normalized spacial score (nSPS) is 19.0. The molecule has 0 saturated carbocycles. The number of hydrogen-bond donors (Lipinski definition) is 1. The highest BCUT2D eigenvalue weighted by Crippen LogP contribution is 2.24. The van der Waals surface area contributed by atoms with Crippen molar-refractivity contribution in [3.63, 3.8) is 0 Å². The number of anilines is 2. The van der Waals surface area contributed by atoms with E-state index in [9.17, 15) is 0 Å². The Morgan fingerprint density at radius 3 is 2.90 bits per heavy atom. The zero-order valence-electron chi connectivity index (χ0n) is 12.7. The molecule has 2 N–H and O–H groups in total. The number of piperidine rings is 1. The third kappa shape index (κ3) is 3.15. The average molecular weight is 286 g/mol. The fourth-order valence-electron chi connectivity index (χ4n) is 3.03. The first-order valence-electron chi connectivity index (χ1n) is 7.45. The van der Waals surface area contributed by atoms with Gasteiger partial charge < -0.3 is 15.2 Å². The van der Waals surface area contributed by atoms with Crippen LogP contribution in [-0.2, 0) is 6.54 Å². The molecule has 1 atom stereocenters. The van der Waals surface area contributed by atoms with Crippen molar-refractivity contribution < 1.29 is 0 Å². The van der Waals surface area contributed by atoms with E-state index in [1.165, 1.54) is 12.8 Å². The van der Waals surface area contributed by atoms with Gasteiger partial charge in [-0.15, -0.1) is 0 Å². The van der Waals surface area contributed by atoms with E-state index in [2.05, 4.69) is 37.5 Å². The molecule has 1 unspecified atom stereocenters. The number of aryl methyl sites for hydroxylation is 2. The van der Waals surface area contributed by atoms with Gasteiger partial charge in [-0.05, 0) is 32.6 Å². The van der Waals surface area contributed by atoms with Crippen LogP contribution in [0.4, 0.5) is 11.8 Å². The summed E-state index contributed by atoms with van der Waals surface area (Å²) >= 11 is 0. The minimum Gasteiger partial charge on any atom is -0.368 e. The Morgan fingerprint density at radius 2 is 2.19 bits per heavy atom. The SMILES string of the molecule is Cc1cc(N2CCCC(Cn3ccnc3C)C2)nc(N)n1. The fourth-order valence-corrected chi connectivity index (χ4v) is 3.03. The topological polar surface area (TPSA) is 72.9 Å². The van der Waals surface area contributed by atoms with Gasteiger partial charge in [0.2, 0.25) is 5.95 Å². The summed E-state index contributed by atoms with van der Waals surface area (Å²) in [5, 5.41) is 0. The summed E-state index contributed by atoms with van der Waals surface area (Å²) in [5.41, 5.74) is 6.69. The smallest absolute Gasteiger partial charge is 0.222 e. The summed E-state index contributed by atoms with van der Waals surface area (Å²) in [4.78, 5) is 15.1. The lowest BCUT2D eigenvalue weighted by Crippen LogP contribution is -2.37. The Labute approximate surface area is 125 Å². The van der Waals surface area contributed by atoms with Gasteiger partial charge in [0.1, 0.15) is 11.6 Å². The van der Waals surface area contributed by atoms with Crippen molar-refractivity contribution in [3.8, 4) is 0 Å². The van der Waals surface area contributed by atoms with Gasteiger partial charge in [0.25, 0.3) is 0 Å². The maximum atomic E-state index is 5.77. The lowest BCUT2D eigenvalue weighted by atomic mass is 9.98. The summed E-state index contributed by atoms with van der Waals surface area (Å²) in [5.74, 6) is 3.00. The predicted molar refractivity (Wildman–Crippen MR) is 83.1 cm³/mol. The minimum absolute atomic E-state index is 0.359. The molecule has 1 aliphatic heterocycles. The largest absolute Gasteiger partial charge is 0.368 e. The molecule has 1 saturated heterocycles. The molecule has 1 fully saturated rings. The molecular weight excluding hydrogens is 264 g/mol. The van der Waals surface area contributed by atoms with Crippen LogP contribution in [0.2, 0.25) is 0 Å². The number of nitrogen functional groups attached to an aromatic ring is 1. The molecule has 6 nitrogen and oxygen atoms in total. The summed E-state index contributed by atoms with van der Waals surface area (Å²) in [6, 6.07) is 2.02. The molecular formula is C15H22N6. The quantitative estimate of drug-likeness (QED) is 0.931. The third-order valence-electron chi connectivity index (χ3n) is 4.08. The van der Waals surface area contributed by atoms with Crippen molar-refractivity contribution in [1.29, 1.82) is 0 Å². The van der Waals surface area contributed by atoms with Crippen LogP contribution in [0, 0.1) is 19.8 Å². The third-order valence-corrected chi connectivity index (χ3v) is 4.08. The average Bonchev–Trinajstić information content (AvgIpc) is 2.84. The number of nitrogens with zero attached hydrogens (tertiary/aromatic N) is 5. The van der Waals surface area contributed by atoms with Crippen LogP contribution >= 0.6 is 0 Å². The second-order valence-corrected chi connectivity index (χ2v) is 5.81. The molecule has 6 heteroatoms. The van der Waals surface area contributed by atoms with Gasteiger partial charge in [-0.2, -0.15) is 4.98 Å². The van der Waals surface area contributed by atoms with Crippen LogP contribution in [0.3, 0.4) is 0 Å². The molecule has 0 amide bonds.